The van der Waals surface area contributed by atoms with Gasteiger partial charge in [0.05, 0.1) is 4.92 Å². The molecule has 7 heteroatoms. The minimum absolute atomic E-state index is 0.0836. The van der Waals surface area contributed by atoms with Gasteiger partial charge in [0.1, 0.15) is 6.33 Å². The van der Waals surface area contributed by atoms with Crippen LogP contribution in [0.3, 0.4) is 0 Å². The third kappa shape index (κ3) is 5.39. The maximum absolute atomic E-state index is 11.9. The topological polar surface area (TPSA) is 84.2 Å². The lowest BCUT2D eigenvalue weighted by atomic mass is 10.1. The van der Waals surface area contributed by atoms with Crippen LogP contribution in [0.2, 0.25) is 0 Å². The van der Waals surface area contributed by atoms with Crippen LogP contribution in [0.1, 0.15) is 38.8 Å². The van der Waals surface area contributed by atoms with Gasteiger partial charge in [-0.1, -0.05) is 39.8 Å². The number of hydrogen-bond acceptors (Lipinski definition) is 6. The van der Waals surface area contributed by atoms with Crippen molar-refractivity contribution < 1.29 is 4.92 Å². The van der Waals surface area contributed by atoms with Gasteiger partial charge in [0.2, 0.25) is 11.6 Å². The van der Waals surface area contributed by atoms with Crippen molar-refractivity contribution >= 4 is 23.0 Å². The van der Waals surface area contributed by atoms with Crippen molar-refractivity contribution in [2.75, 3.05) is 23.3 Å². The van der Waals surface area contributed by atoms with Gasteiger partial charge in [-0.2, -0.15) is 0 Å². The zero-order chi connectivity index (χ0) is 20.1. The SMILES string of the molecule is Cc1ccc(C)c(Nc2ncnc(N(CC(C)C)CC(C)C)c2[N+](=O)[O-])c1. The summed E-state index contributed by atoms with van der Waals surface area (Å²) < 4.78 is 0. The van der Waals surface area contributed by atoms with E-state index in [1.54, 1.807) is 0 Å². The molecule has 0 fully saturated rings. The minimum Gasteiger partial charge on any atom is -0.350 e. The van der Waals surface area contributed by atoms with E-state index in [0.717, 1.165) is 16.8 Å². The maximum Gasteiger partial charge on any atom is 0.353 e. The number of benzene rings is 1. The van der Waals surface area contributed by atoms with Crippen LogP contribution in [-0.2, 0) is 0 Å². The molecule has 0 saturated heterocycles. The highest BCUT2D eigenvalue weighted by Gasteiger charge is 2.28. The van der Waals surface area contributed by atoms with Crippen LogP contribution in [0, 0.1) is 35.8 Å². The van der Waals surface area contributed by atoms with Crippen molar-refractivity contribution in [1.29, 1.82) is 0 Å². The van der Waals surface area contributed by atoms with Crippen LogP contribution in [0.15, 0.2) is 24.5 Å². The van der Waals surface area contributed by atoms with E-state index in [1.165, 1.54) is 6.33 Å². The predicted molar refractivity (Wildman–Crippen MR) is 110 cm³/mol. The molecular weight excluding hydrogens is 342 g/mol. The van der Waals surface area contributed by atoms with Crippen molar-refractivity contribution in [1.82, 2.24) is 9.97 Å². The zero-order valence-electron chi connectivity index (χ0n) is 17.0. The van der Waals surface area contributed by atoms with E-state index in [2.05, 4.69) is 43.0 Å². The highest BCUT2D eigenvalue weighted by molar-refractivity contribution is 5.75. The average Bonchev–Trinajstić information content (AvgIpc) is 2.56. The summed E-state index contributed by atoms with van der Waals surface area (Å²) >= 11 is 0. The largest absolute Gasteiger partial charge is 0.353 e. The molecule has 2 aromatic rings. The molecular formula is C20H29N5O2. The van der Waals surface area contributed by atoms with Gasteiger partial charge in [-0.3, -0.25) is 10.1 Å². The van der Waals surface area contributed by atoms with Crippen LogP contribution in [0.4, 0.5) is 23.0 Å². The number of rotatable bonds is 8. The molecule has 0 atom stereocenters. The van der Waals surface area contributed by atoms with Crippen molar-refractivity contribution in [3.05, 3.63) is 45.8 Å². The molecule has 0 saturated carbocycles. The second-order valence-electron chi connectivity index (χ2n) is 7.79. The van der Waals surface area contributed by atoms with Crippen LogP contribution >= 0.6 is 0 Å². The fourth-order valence-corrected chi connectivity index (χ4v) is 2.99. The Balaban J connectivity index is 2.52. The Morgan fingerprint density at radius 1 is 1.11 bits per heavy atom. The molecule has 146 valence electrons. The average molecular weight is 371 g/mol. The van der Waals surface area contributed by atoms with E-state index in [0.29, 0.717) is 30.7 Å². The van der Waals surface area contributed by atoms with E-state index in [4.69, 9.17) is 0 Å². The zero-order valence-corrected chi connectivity index (χ0v) is 17.0. The number of nitro groups is 1. The van der Waals surface area contributed by atoms with Gasteiger partial charge in [0, 0.05) is 18.8 Å². The molecule has 2 rings (SSSR count). The fourth-order valence-electron chi connectivity index (χ4n) is 2.99. The summed E-state index contributed by atoms with van der Waals surface area (Å²) in [7, 11) is 0. The summed E-state index contributed by atoms with van der Waals surface area (Å²) in [5, 5.41) is 15.1. The molecule has 0 bridgehead atoms. The van der Waals surface area contributed by atoms with Gasteiger partial charge in [0.15, 0.2) is 0 Å². The first-order valence-electron chi connectivity index (χ1n) is 9.27. The lowest BCUT2D eigenvalue weighted by Gasteiger charge is -2.27. The van der Waals surface area contributed by atoms with Gasteiger partial charge < -0.3 is 10.2 Å². The molecule has 0 aliphatic carbocycles. The van der Waals surface area contributed by atoms with Gasteiger partial charge >= 0.3 is 5.69 Å². The summed E-state index contributed by atoms with van der Waals surface area (Å²) in [6.45, 7) is 13.7. The Labute approximate surface area is 161 Å². The second-order valence-corrected chi connectivity index (χ2v) is 7.79. The molecule has 1 aromatic heterocycles. The maximum atomic E-state index is 11.9. The van der Waals surface area contributed by atoms with Crippen molar-refractivity contribution in [3.63, 3.8) is 0 Å². The van der Waals surface area contributed by atoms with Crippen molar-refractivity contribution in [2.24, 2.45) is 11.8 Å². The van der Waals surface area contributed by atoms with Gasteiger partial charge in [-0.25, -0.2) is 9.97 Å². The number of anilines is 3. The minimum atomic E-state index is -0.392. The Kier molecular flexibility index (Phi) is 6.71. The number of aromatic nitrogens is 2. The lowest BCUT2D eigenvalue weighted by molar-refractivity contribution is -0.383. The Bertz CT molecular complexity index is 795. The third-order valence-electron chi connectivity index (χ3n) is 4.10. The predicted octanol–water partition coefficient (Wildman–Crippen LogP) is 4.86. The number of nitrogens with one attached hydrogen (secondary N) is 1. The summed E-state index contributed by atoms with van der Waals surface area (Å²) in [6, 6.07) is 5.95. The van der Waals surface area contributed by atoms with Crippen LogP contribution in [0.25, 0.3) is 0 Å². The molecule has 1 heterocycles. The monoisotopic (exact) mass is 371 g/mol. The van der Waals surface area contributed by atoms with Crippen molar-refractivity contribution in [3.8, 4) is 0 Å². The Morgan fingerprint density at radius 2 is 1.74 bits per heavy atom. The Morgan fingerprint density at radius 3 is 2.30 bits per heavy atom. The summed E-state index contributed by atoms with van der Waals surface area (Å²) in [6.07, 6.45) is 1.39. The smallest absolute Gasteiger partial charge is 0.350 e. The number of nitrogens with zero attached hydrogens (tertiary/aromatic N) is 4. The first kappa shape index (κ1) is 20.6. The molecule has 0 spiro atoms. The summed E-state index contributed by atoms with van der Waals surface area (Å²) in [5.74, 6) is 1.30. The number of aryl methyl sites for hydroxylation is 2. The van der Waals surface area contributed by atoms with Crippen LogP contribution < -0.4 is 10.2 Å². The van der Waals surface area contributed by atoms with Gasteiger partial charge in [-0.15, -0.1) is 0 Å². The third-order valence-corrected chi connectivity index (χ3v) is 4.10. The molecule has 27 heavy (non-hydrogen) atoms. The summed E-state index contributed by atoms with van der Waals surface area (Å²) in [4.78, 5) is 22.0. The van der Waals surface area contributed by atoms with E-state index < -0.39 is 4.92 Å². The van der Waals surface area contributed by atoms with E-state index >= 15 is 0 Å². The van der Waals surface area contributed by atoms with Crippen molar-refractivity contribution in [2.45, 2.75) is 41.5 Å². The number of hydrogen-bond donors (Lipinski definition) is 1. The highest BCUT2D eigenvalue weighted by atomic mass is 16.6. The van der Waals surface area contributed by atoms with Crippen LogP contribution in [-0.4, -0.2) is 28.0 Å². The molecule has 0 aliphatic heterocycles. The Hall–Kier alpha value is -2.70. The summed E-state index contributed by atoms with van der Waals surface area (Å²) in [5.41, 5.74) is 2.79. The molecule has 1 aromatic carbocycles. The lowest BCUT2D eigenvalue weighted by Crippen LogP contribution is -2.32. The molecule has 0 aliphatic rings. The van der Waals surface area contributed by atoms with E-state index in [1.807, 2.05) is 36.9 Å². The van der Waals surface area contributed by atoms with Gasteiger partial charge in [0.25, 0.3) is 0 Å². The fraction of sp³-hybridized carbons (Fsp3) is 0.500. The standard InChI is InChI=1S/C20H29N5O2/c1-13(2)10-24(11-14(3)4)20-18(25(26)27)19(21-12-22-20)23-17-9-15(5)7-8-16(17)6/h7-9,12-14H,10-11H2,1-6H3,(H,21,22,23). The van der Waals surface area contributed by atoms with Gasteiger partial charge in [-0.05, 0) is 42.9 Å². The first-order chi connectivity index (χ1) is 12.7. The molecule has 7 nitrogen and oxygen atoms in total. The van der Waals surface area contributed by atoms with E-state index in [-0.39, 0.29) is 11.5 Å². The van der Waals surface area contributed by atoms with Crippen LogP contribution in [0.5, 0.6) is 0 Å². The highest BCUT2D eigenvalue weighted by Crippen LogP contribution is 2.35. The second kappa shape index (κ2) is 8.79. The normalized spacial score (nSPS) is 11.1. The first-order valence-corrected chi connectivity index (χ1v) is 9.27. The van der Waals surface area contributed by atoms with E-state index in [9.17, 15) is 10.1 Å². The molecule has 1 N–H and O–H groups in total. The molecule has 0 amide bonds. The quantitative estimate of drug-likeness (QED) is 0.527. The molecule has 0 unspecified atom stereocenters. The molecule has 0 radical (unpaired) electrons.